The van der Waals surface area contributed by atoms with Gasteiger partial charge >= 0.3 is 6.18 Å². The molecule has 0 saturated heterocycles. The van der Waals surface area contributed by atoms with Crippen LogP contribution in [-0.4, -0.2) is 26.4 Å². The van der Waals surface area contributed by atoms with Gasteiger partial charge in [0.25, 0.3) is 5.56 Å². The molecule has 3 aromatic rings. The number of aromatic amines is 1. The van der Waals surface area contributed by atoms with Crippen LogP contribution in [-0.2, 0) is 25.7 Å². The molecule has 0 amide bonds. The van der Waals surface area contributed by atoms with Crippen LogP contribution >= 0.6 is 0 Å². The number of alkyl halides is 3. The zero-order valence-electron chi connectivity index (χ0n) is 13.7. The number of benzene rings is 1. The maximum atomic E-state index is 12.8. The molecule has 0 atom stereocenters. The van der Waals surface area contributed by atoms with Crippen molar-refractivity contribution in [3.8, 4) is 0 Å². The molecule has 134 valence electrons. The van der Waals surface area contributed by atoms with E-state index in [2.05, 4.69) is 9.97 Å². The van der Waals surface area contributed by atoms with Gasteiger partial charge in [0.05, 0.1) is 16.8 Å². The van der Waals surface area contributed by atoms with Crippen LogP contribution in [0.15, 0.2) is 41.3 Å². The summed E-state index contributed by atoms with van der Waals surface area (Å²) in [6.07, 6.45) is -2.56. The lowest BCUT2D eigenvalue weighted by Gasteiger charge is -2.27. The molecular weight excluding hydrogens is 345 g/mol. The smallest absolute Gasteiger partial charge is 0.303 e. The van der Waals surface area contributed by atoms with Crippen molar-refractivity contribution >= 4 is 10.9 Å². The van der Waals surface area contributed by atoms with Gasteiger partial charge in [-0.2, -0.15) is 13.2 Å². The van der Waals surface area contributed by atoms with Crippen molar-refractivity contribution in [2.45, 2.75) is 25.7 Å². The van der Waals surface area contributed by atoms with Gasteiger partial charge in [0.1, 0.15) is 0 Å². The normalized spacial score (nSPS) is 15.2. The van der Waals surface area contributed by atoms with Crippen molar-refractivity contribution in [3.05, 3.63) is 69.5 Å². The summed E-state index contributed by atoms with van der Waals surface area (Å²) in [5, 5.41) is 1.02. The lowest BCUT2D eigenvalue weighted by atomic mass is 10.1. The summed E-state index contributed by atoms with van der Waals surface area (Å²) in [5.41, 5.74) is 1.71. The van der Waals surface area contributed by atoms with Crippen LogP contribution in [0.3, 0.4) is 0 Å². The Labute approximate surface area is 146 Å². The summed E-state index contributed by atoms with van der Waals surface area (Å²) >= 11 is 0. The Morgan fingerprint density at radius 3 is 2.85 bits per heavy atom. The minimum atomic E-state index is -4.65. The molecule has 4 rings (SSSR count). The third-order valence-electron chi connectivity index (χ3n) is 4.47. The van der Waals surface area contributed by atoms with Crippen molar-refractivity contribution < 1.29 is 13.2 Å². The van der Waals surface area contributed by atoms with Crippen LogP contribution in [0.4, 0.5) is 13.2 Å². The van der Waals surface area contributed by atoms with Gasteiger partial charge in [-0.3, -0.25) is 14.7 Å². The summed E-state index contributed by atoms with van der Waals surface area (Å²) < 4.78 is 38.3. The summed E-state index contributed by atoms with van der Waals surface area (Å²) in [4.78, 5) is 24.0. The molecule has 1 N–H and O–H groups in total. The number of halogens is 3. The van der Waals surface area contributed by atoms with Crippen LogP contribution in [0.5, 0.6) is 0 Å². The first-order valence-electron chi connectivity index (χ1n) is 8.15. The van der Waals surface area contributed by atoms with Crippen molar-refractivity contribution in [3.63, 3.8) is 0 Å². The first-order chi connectivity index (χ1) is 12.4. The maximum absolute atomic E-state index is 12.8. The number of fused-ring (bicyclic) bond motifs is 2. The first kappa shape index (κ1) is 16.7. The lowest BCUT2D eigenvalue weighted by Crippen LogP contribution is -2.36. The highest BCUT2D eigenvalue weighted by atomic mass is 19.4. The molecule has 8 heteroatoms. The second-order valence-electron chi connectivity index (χ2n) is 6.33. The number of nitrogens with zero attached hydrogens (tertiary/aromatic N) is 3. The van der Waals surface area contributed by atoms with Crippen LogP contribution in [0.2, 0.25) is 0 Å². The molecule has 0 fully saturated rings. The van der Waals surface area contributed by atoms with Gasteiger partial charge < -0.3 is 4.98 Å². The van der Waals surface area contributed by atoms with Crippen molar-refractivity contribution in [1.82, 2.24) is 19.9 Å². The number of aromatic nitrogens is 3. The van der Waals surface area contributed by atoms with E-state index in [1.807, 2.05) is 40.2 Å². The number of rotatable bonds is 2. The highest BCUT2D eigenvalue weighted by Gasteiger charge is 2.35. The van der Waals surface area contributed by atoms with E-state index >= 15 is 0 Å². The van der Waals surface area contributed by atoms with Crippen molar-refractivity contribution in [2.75, 3.05) is 6.54 Å². The molecular formula is C18H15F3N4O. The highest BCUT2D eigenvalue weighted by Crippen LogP contribution is 2.27. The number of hydrogen-bond acceptors (Lipinski definition) is 4. The molecule has 0 spiro atoms. The SMILES string of the molecule is O=c1[nH]c(C(F)(F)F)nc2c1CN(Cc1cnc3ccccc3c1)CC2. The first-order valence-corrected chi connectivity index (χ1v) is 8.15. The molecule has 1 aliphatic heterocycles. The average molecular weight is 360 g/mol. The Bertz CT molecular complexity index is 1030. The molecule has 26 heavy (non-hydrogen) atoms. The topological polar surface area (TPSA) is 61.9 Å². The van der Waals surface area contributed by atoms with E-state index in [0.717, 1.165) is 16.5 Å². The van der Waals surface area contributed by atoms with E-state index in [0.29, 0.717) is 25.1 Å². The van der Waals surface area contributed by atoms with E-state index in [4.69, 9.17) is 0 Å². The minimum absolute atomic E-state index is 0.231. The minimum Gasteiger partial charge on any atom is -0.303 e. The Balaban J connectivity index is 1.57. The van der Waals surface area contributed by atoms with E-state index in [9.17, 15) is 18.0 Å². The van der Waals surface area contributed by atoms with Gasteiger partial charge in [-0.05, 0) is 17.7 Å². The zero-order chi connectivity index (χ0) is 18.3. The molecule has 0 bridgehead atoms. The van der Waals surface area contributed by atoms with E-state index in [1.165, 1.54) is 0 Å². The molecule has 5 nitrogen and oxygen atoms in total. The van der Waals surface area contributed by atoms with Gasteiger partial charge in [0, 0.05) is 37.6 Å². The number of nitrogens with one attached hydrogen (secondary N) is 1. The third kappa shape index (κ3) is 3.20. The van der Waals surface area contributed by atoms with Crippen LogP contribution in [0.25, 0.3) is 10.9 Å². The largest absolute Gasteiger partial charge is 0.449 e. The van der Waals surface area contributed by atoms with Crippen LogP contribution in [0, 0.1) is 0 Å². The standard InChI is InChI=1S/C18H15F3N4O/c19-18(20,21)17-23-15-5-6-25(10-13(15)16(26)24-17)9-11-7-12-3-1-2-4-14(12)22-8-11/h1-4,7-8H,5-6,9-10H2,(H,23,24,26). The van der Waals surface area contributed by atoms with Gasteiger partial charge in [-0.25, -0.2) is 4.98 Å². The Morgan fingerprint density at radius 1 is 1.23 bits per heavy atom. The number of para-hydroxylation sites is 1. The fraction of sp³-hybridized carbons (Fsp3) is 0.278. The summed E-state index contributed by atoms with van der Waals surface area (Å²) in [6, 6.07) is 9.80. The Kier molecular flexibility index (Phi) is 3.99. The van der Waals surface area contributed by atoms with Gasteiger partial charge in [-0.1, -0.05) is 18.2 Å². The maximum Gasteiger partial charge on any atom is 0.449 e. The number of pyridine rings is 1. The van der Waals surface area contributed by atoms with Crippen LogP contribution in [0.1, 0.15) is 22.6 Å². The summed E-state index contributed by atoms with van der Waals surface area (Å²) in [6.45, 7) is 1.37. The molecule has 1 aromatic carbocycles. The fourth-order valence-electron chi connectivity index (χ4n) is 3.21. The summed E-state index contributed by atoms with van der Waals surface area (Å²) in [7, 11) is 0. The van der Waals surface area contributed by atoms with Crippen molar-refractivity contribution in [1.29, 1.82) is 0 Å². The fourth-order valence-corrected chi connectivity index (χ4v) is 3.21. The molecule has 3 heterocycles. The van der Waals surface area contributed by atoms with Gasteiger partial charge in [-0.15, -0.1) is 0 Å². The lowest BCUT2D eigenvalue weighted by molar-refractivity contribution is -0.145. The monoisotopic (exact) mass is 360 g/mol. The second kappa shape index (κ2) is 6.21. The Morgan fingerprint density at radius 2 is 2.04 bits per heavy atom. The zero-order valence-corrected chi connectivity index (χ0v) is 13.7. The molecule has 0 aliphatic carbocycles. The Hall–Kier alpha value is -2.74. The predicted octanol–water partition coefficient (Wildman–Crippen LogP) is 2.90. The van der Waals surface area contributed by atoms with E-state index < -0.39 is 17.6 Å². The van der Waals surface area contributed by atoms with Gasteiger partial charge in [0.2, 0.25) is 5.82 Å². The number of H-pyrrole nitrogens is 1. The molecule has 0 saturated carbocycles. The molecule has 2 aromatic heterocycles. The highest BCUT2D eigenvalue weighted by molar-refractivity contribution is 5.78. The molecule has 0 unspecified atom stereocenters. The summed E-state index contributed by atoms with van der Waals surface area (Å²) in [5.74, 6) is -1.23. The van der Waals surface area contributed by atoms with Crippen molar-refractivity contribution in [2.24, 2.45) is 0 Å². The quantitative estimate of drug-likeness (QED) is 0.763. The van der Waals surface area contributed by atoms with Gasteiger partial charge in [0.15, 0.2) is 0 Å². The second-order valence-corrected chi connectivity index (χ2v) is 6.33. The number of hydrogen-bond donors (Lipinski definition) is 1. The average Bonchev–Trinajstić information content (AvgIpc) is 2.61. The third-order valence-corrected chi connectivity index (χ3v) is 4.47. The van der Waals surface area contributed by atoms with Crippen LogP contribution < -0.4 is 5.56 Å². The molecule has 0 radical (unpaired) electrons. The van der Waals surface area contributed by atoms with E-state index in [-0.39, 0.29) is 12.2 Å². The van der Waals surface area contributed by atoms with E-state index in [1.54, 1.807) is 6.20 Å². The molecule has 1 aliphatic rings. The predicted molar refractivity (Wildman–Crippen MR) is 89.4 cm³/mol.